The first-order valence-electron chi connectivity index (χ1n) is 8.18. The predicted molar refractivity (Wildman–Crippen MR) is 83.8 cm³/mol. The summed E-state index contributed by atoms with van der Waals surface area (Å²) >= 11 is 0. The van der Waals surface area contributed by atoms with Crippen molar-refractivity contribution in [2.75, 3.05) is 7.05 Å². The highest BCUT2D eigenvalue weighted by molar-refractivity contribution is 5.88. The molecule has 2 aliphatic carbocycles. The van der Waals surface area contributed by atoms with E-state index in [4.69, 9.17) is 5.11 Å². The van der Waals surface area contributed by atoms with Crippen LogP contribution in [0.25, 0.3) is 0 Å². The highest BCUT2D eigenvalue weighted by atomic mass is 16.4. The fourth-order valence-electron chi connectivity index (χ4n) is 3.90. The predicted octanol–water partition coefficient (Wildman–Crippen LogP) is 3.41. The number of aromatic carboxylic acids is 1. The third-order valence-electron chi connectivity index (χ3n) is 5.24. The number of carbonyl (C=O) groups is 2. The zero-order chi connectivity index (χ0) is 15.7. The molecule has 1 N–H and O–H groups in total. The van der Waals surface area contributed by atoms with Crippen molar-refractivity contribution in [1.82, 2.24) is 4.90 Å². The molecule has 1 saturated carbocycles. The Morgan fingerprint density at radius 2 is 1.95 bits per heavy atom. The van der Waals surface area contributed by atoms with E-state index in [-0.39, 0.29) is 11.9 Å². The van der Waals surface area contributed by atoms with Crippen LogP contribution < -0.4 is 0 Å². The molecule has 0 radical (unpaired) electrons. The van der Waals surface area contributed by atoms with Gasteiger partial charge in [-0.05, 0) is 54.9 Å². The molecule has 0 aromatic heterocycles. The van der Waals surface area contributed by atoms with Crippen LogP contribution in [-0.4, -0.2) is 28.9 Å². The van der Waals surface area contributed by atoms with Gasteiger partial charge in [-0.1, -0.05) is 18.9 Å². The first kappa shape index (κ1) is 15.1. The number of carbonyl (C=O) groups excluding carboxylic acids is 1. The first-order valence-corrected chi connectivity index (χ1v) is 8.18. The minimum Gasteiger partial charge on any atom is -0.478 e. The van der Waals surface area contributed by atoms with Crippen molar-refractivity contribution in [2.45, 2.75) is 51.0 Å². The lowest BCUT2D eigenvalue weighted by molar-refractivity contribution is -0.133. The second kappa shape index (κ2) is 6.11. The largest absolute Gasteiger partial charge is 0.478 e. The Hall–Kier alpha value is -1.84. The molecular formula is C18H23NO3. The molecule has 1 unspecified atom stereocenters. The molecule has 22 heavy (non-hydrogen) atoms. The van der Waals surface area contributed by atoms with Crippen LogP contribution in [0.4, 0.5) is 0 Å². The summed E-state index contributed by atoms with van der Waals surface area (Å²) in [4.78, 5) is 25.5. The molecule has 1 amide bonds. The fourth-order valence-corrected chi connectivity index (χ4v) is 3.90. The molecule has 0 saturated heterocycles. The number of fused-ring (bicyclic) bond motifs is 1. The van der Waals surface area contributed by atoms with E-state index in [2.05, 4.69) is 0 Å². The van der Waals surface area contributed by atoms with E-state index in [1.165, 1.54) is 31.2 Å². The van der Waals surface area contributed by atoms with Crippen LogP contribution >= 0.6 is 0 Å². The summed E-state index contributed by atoms with van der Waals surface area (Å²) in [5, 5.41) is 9.16. The molecule has 0 aliphatic heterocycles. The average Bonchev–Trinajstić information content (AvgIpc) is 3.14. The molecule has 1 aromatic rings. The van der Waals surface area contributed by atoms with Crippen molar-refractivity contribution in [3.8, 4) is 0 Å². The number of rotatable bonds is 4. The summed E-state index contributed by atoms with van der Waals surface area (Å²) in [5.74, 6) is -0.167. The maximum Gasteiger partial charge on any atom is 0.335 e. The van der Waals surface area contributed by atoms with E-state index < -0.39 is 5.97 Å². The van der Waals surface area contributed by atoms with Crippen LogP contribution in [0.3, 0.4) is 0 Å². The van der Waals surface area contributed by atoms with Gasteiger partial charge in [0.2, 0.25) is 5.91 Å². The topological polar surface area (TPSA) is 57.6 Å². The van der Waals surface area contributed by atoms with E-state index in [1.54, 1.807) is 12.1 Å². The minimum atomic E-state index is -0.909. The van der Waals surface area contributed by atoms with E-state index in [1.807, 2.05) is 18.0 Å². The van der Waals surface area contributed by atoms with E-state index in [9.17, 15) is 9.59 Å². The quantitative estimate of drug-likeness (QED) is 0.927. The molecule has 0 heterocycles. The van der Waals surface area contributed by atoms with Gasteiger partial charge in [0.15, 0.2) is 0 Å². The van der Waals surface area contributed by atoms with Crippen LogP contribution in [0.1, 0.15) is 66.1 Å². The standard InChI is InChI=1S/C18H23NO3/c1-19(17(20)10-12-4-2-3-5-12)16-9-8-13-6-7-14(18(21)22)11-15(13)16/h6-7,11-12,16H,2-5,8-10H2,1H3,(H,21,22). The van der Waals surface area contributed by atoms with E-state index in [0.29, 0.717) is 17.9 Å². The minimum absolute atomic E-state index is 0.0307. The Morgan fingerprint density at radius 3 is 2.64 bits per heavy atom. The van der Waals surface area contributed by atoms with Gasteiger partial charge in [-0.25, -0.2) is 4.79 Å². The van der Waals surface area contributed by atoms with Gasteiger partial charge in [-0.2, -0.15) is 0 Å². The maximum absolute atomic E-state index is 12.5. The zero-order valence-electron chi connectivity index (χ0n) is 13.0. The van der Waals surface area contributed by atoms with Gasteiger partial charge in [-0.3, -0.25) is 4.79 Å². The number of carboxylic acid groups (broad SMARTS) is 1. The number of benzene rings is 1. The van der Waals surface area contributed by atoms with Crippen molar-refractivity contribution in [3.63, 3.8) is 0 Å². The Balaban J connectivity index is 1.74. The lowest BCUT2D eigenvalue weighted by Gasteiger charge is -2.27. The van der Waals surface area contributed by atoms with Crippen LogP contribution in [0.15, 0.2) is 18.2 Å². The summed E-state index contributed by atoms with van der Waals surface area (Å²) in [6, 6.07) is 5.33. The molecule has 4 heteroatoms. The zero-order valence-corrected chi connectivity index (χ0v) is 13.0. The summed E-state index contributed by atoms with van der Waals surface area (Å²) in [6.45, 7) is 0. The SMILES string of the molecule is CN(C(=O)CC1CCCC1)C1CCc2ccc(C(=O)O)cc21. The van der Waals surface area contributed by atoms with Gasteiger partial charge in [0.25, 0.3) is 0 Å². The van der Waals surface area contributed by atoms with Crippen LogP contribution in [0, 0.1) is 5.92 Å². The van der Waals surface area contributed by atoms with Gasteiger partial charge >= 0.3 is 5.97 Å². The molecule has 4 nitrogen and oxygen atoms in total. The average molecular weight is 301 g/mol. The van der Waals surface area contributed by atoms with Crippen molar-refractivity contribution in [2.24, 2.45) is 5.92 Å². The van der Waals surface area contributed by atoms with Gasteiger partial charge in [0, 0.05) is 13.5 Å². The summed E-state index contributed by atoms with van der Waals surface area (Å²) in [5.41, 5.74) is 2.50. The third kappa shape index (κ3) is 2.87. The third-order valence-corrected chi connectivity index (χ3v) is 5.24. The molecule has 0 spiro atoms. The molecule has 0 bridgehead atoms. The highest BCUT2D eigenvalue weighted by Crippen LogP contribution is 2.37. The van der Waals surface area contributed by atoms with E-state index in [0.717, 1.165) is 18.4 Å². The molecule has 1 fully saturated rings. The van der Waals surface area contributed by atoms with Gasteiger partial charge < -0.3 is 10.0 Å². The highest BCUT2D eigenvalue weighted by Gasteiger charge is 2.30. The Bertz CT molecular complexity index is 590. The molecule has 1 atom stereocenters. The van der Waals surface area contributed by atoms with Gasteiger partial charge in [-0.15, -0.1) is 0 Å². The number of carboxylic acids is 1. The van der Waals surface area contributed by atoms with Crippen LogP contribution in [0.5, 0.6) is 0 Å². The Kier molecular flexibility index (Phi) is 4.19. The van der Waals surface area contributed by atoms with E-state index >= 15 is 0 Å². The number of nitrogens with zero attached hydrogens (tertiary/aromatic N) is 1. The molecule has 3 rings (SSSR count). The smallest absolute Gasteiger partial charge is 0.335 e. The monoisotopic (exact) mass is 301 g/mol. The van der Waals surface area contributed by atoms with Crippen molar-refractivity contribution in [3.05, 3.63) is 34.9 Å². The number of amides is 1. The summed E-state index contributed by atoms with van der Waals surface area (Å²) in [7, 11) is 1.87. The van der Waals surface area contributed by atoms with Crippen LogP contribution in [0.2, 0.25) is 0 Å². The second-order valence-electron chi connectivity index (χ2n) is 6.63. The lowest BCUT2D eigenvalue weighted by Crippen LogP contribution is -2.31. The molecule has 118 valence electrons. The normalized spacial score (nSPS) is 20.9. The van der Waals surface area contributed by atoms with Gasteiger partial charge in [0.05, 0.1) is 11.6 Å². The first-order chi connectivity index (χ1) is 10.6. The van der Waals surface area contributed by atoms with Crippen molar-refractivity contribution >= 4 is 11.9 Å². The van der Waals surface area contributed by atoms with Crippen molar-refractivity contribution in [1.29, 1.82) is 0 Å². The van der Waals surface area contributed by atoms with Crippen LogP contribution in [-0.2, 0) is 11.2 Å². The Labute approximate surface area is 131 Å². The van der Waals surface area contributed by atoms with Crippen molar-refractivity contribution < 1.29 is 14.7 Å². The second-order valence-corrected chi connectivity index (χ2v) is 6.63. The summed E-state index contributed by atoms with van der Waals surface area (Å²) in [6.07, 6.45) is 7.28. The molecule has 1 aromatic carbocycles. The fraction of sp³-hybridized carbons (Fsp3) is 0.556. The van der Waals surface area contributed by atoms with Gasteiger partial charge in [0.1, 0.15) is 0 Å². The maximum atomic E-state index is 12.5. The molecule has 2 aliphatic rings. The number of aryl methyl sites for hydroxylation is 1. The Morgan fingerprint density at radius 1 is 1.23 bits per heavy atom. The number of hydrogen-bond donors (Lipinski definition) is 1. The molecular weight excluding hydrogens is 278 g/mol. The summed E-state index contributed by atoms with van der Waals surface area (Å²) < 4.78 is 0. The number of hydrogen-bond acceptors (Lipinski definition) is 2. The lowest BCUT2D eigenvalue weighted by atomic mass is 10.0.